The lowest BCUT2D eigenvalue weighted by Gasteiger charge is -2.30. The van der Waals surface area contributed by atoms with E-state index in [1.807, 2.05) is 6.20 Å². The maximum atomic E-state index is 3.40. The molecule has 0 fully saturated rings. The minimum atomic E-state index is -0.0356. The Labute approximate surface area is 120 Å². The molecule has 0 bridgehead atoms. The molecule has 0 spiro atoms. The number of aromatic nitrogens is 1. The monoisotopic (exact) mass is 261 g/mol. The van der Waals surface area contributed by atoms with Crippen molar-refractivity contribution in [3.8, 4) is 0 Å². The van der Waals surface area contributed by atoms with Gasteiger partial charge in [0.1, 0.15) is 0 Å². The number of rotatable bonds is 4. The number of hydrogen-bond donors (Lipinski definition) is 1. The van der Waals surface area contributed by atoms with E-state index in [4.69, 9.17) is 0 Å². The zero-order valence-corrected chi connectivity index (χ0v) is 11.7. The summed E-state index contributed by atoms with van der Waals surface area (Å²) >= 11 is 0. The maximum absolute atomic E-state index is 3.40. The van der Waals surface area contributed by atoms with Gasteiger partial charge in [-0.3, -0.25) is 0 Å². The van der Waals surface area contributed by atoms with Crippen LogP contribution in [0.3, 0.4) is 0 Å². The molecule has 0 aliphatic carbocycles. The van der Waals surface area contributed by atoms with Crippen molar-refractivity contribution in [2.75, 3.05) is 0 Å². The molecule has 100 valence electrons. The molecular formula is C19H19N. The van der Waals surface area contributed by atoms with Gasteiger partial charge in [-0.15, -0.1) is 0 Å². The summed E-state index contributed by atoms with van der Waals surface area (Å²) < 4.78 is 0. The van der Waals surface area contributed by atoms with Gasteiger partial charge in [-0.2, -0.15) is 0 Å². The zero-order valence-electron chi connectivity index (χ0n) is 11.7. The first-order chi connectivity index (χ1) is 9.79. The molecule has 1 N–H and O–H groups in total. The maximum Gasteiger partial charge on any atom is 0.0365 e. The van der Waals surface area contributed by atoms with Crippen molar-refractivity contribution in [3.63, 3.8) is 0 Å². The van der Waals surface area contributed by atoms with Crippen molar-refractivity contribution >= 4 is 0 Å². The normalized spacial score (nSPS) is 13.8. The molecule has 3 aromatic rings. The van der Waals surface area contributed by atoms with Crippen LogP contribution in [0, 0.1) is 0 Å². The van der Waals surface area contributed by atoms with E-state index < -0.39 is 0 Å². The number of benzene rings is 2. The van der Waals surface area contributed by atoms with Crippen LogP contribution in [0.25, 0.3) is 0 Å². The summed E-state index contributed by atoms with van der Waals surface area (Å²) in [6.45, 7) is 2.31. The Balaban J connectivity index is 2.05. The van der Waals surface area contributed by atoms with E-state index in [1.54, 1.807) is 0 Å². The Morgan fingerprint density at radius 3 is 2.05 bits per heavy atom. The van der Waals surface area contributed by atoms with Crippen LogP contribution < -0.4 is 0 Å². The third kappa shape index (κ3) is 2.39. The minimum Gasteiger partial charge on any atom is -0.364 e. The Kier molecular flexibility index (Phi) is 3.42. The van der Waals surface area contributed by atoms with Gasteiger partial charge in [0.05, 0.1) is 0 Å². The van der Waals surface area contributed by atoms with Crippen LogP contribution in [0.15, 0.2) is 79.0 Å². The van der Waals surface area contributed by atoms with E-state index in [-0.39, 0.29) is 5.41 Å². The van der Waals surface area contributed by atoms with Crippen LogP contribution in [0.5, 0.6) is 0 Å². The van der Waals surface area contributed by atoms with E-state index in [2.05, 4.69) is 84.7 Å². The minimum absolute atomic E-state index is 0.0356. The fourth-order valence-electron chi connectivity index (χ4n) is 2.84. The molecule has 0 saturated heterocycles. The highest BCUT2D eigenvalue weighted by Crippen LogP contribution is 2.34. The van der Waals surface area contributed by atoms with Crippen molar-refractivity contribution < 1.29 is 0 Å². The van der Waals surface area contributed by atoms with E-state index in [9.17, 15) is 0 Å². The Morgan fingerprint density at radius 2 is 1.45 bits per heavy atom. The van der Waals surface area contributed by atoms with Gasteiger partial charge in [0.2, 0.25) is 0 Å². The average Bonchev–Trinajstić information content (AvgIpc) is 3.04. The number of hydrogen-bond acceptors (Lipinski definition) is 0. The largest absolute Gasteiger partial charge is 0.364 e. The molecule has 1 heteroatoms. The highest BCUT2D eigenvalue weighted by molar-refractivity contribution is 5.37. The molecule has 2 aromatic carbocycles. The molecule has 1 unspecified atom stereocenters. The summed E-state index contributed by atoms with van der Waals surface area (Å²) in [5.41, 5.74) is 3.92. The molecule has 0 saturated carbocycles. The molecule has 1 nitrogen and oxygen atoms in total. The Morgan fingerprint density at radius 1 is 0.800 bits per heavy atom. The first-order valence-electron chi connectivity index (χ1n) is 7.02. The number of aromatic amines is 1. The fraction of sp³-hybridized carbons (Fsp3) is 0.158. The quantitative estimate of drug-likeness (QED) is 0.708. The zero-order chi connectivity index (χ0) is 13.8. The number of H-pyrrole nitrogens is 1. The van der Waals surface area contributed by atoms with E-state index in [0.717, 1.165) is 6.42 Å². The molecule has 0 radical (unpaired) electrons. The van der Waals surface area contributed by atoms with Crippen molar-refractivity contribution in [3.05, 3.63) is 95.8 Å². The second kappa shape index (κ2) is 5.38. The molecule has 3 rings (SSSR count). The number of nitrogens with one attached hydrogen (secondary N) is 1. The van der Waals surface area contributed by atoms with Gasteiger partial charge in [0, 0.05) is 17.3 Å². The SMILES string of the molecule is CC(Cc1ccccc1)(c1ccccc1)c1ccc[nH]1. The Bertz CT molecular complexity index is 641. The summed E-state index contributed by atoms with van der Waals surface area (Å²) in [4.78, 5) is 3.40. The lowest BCUT2D eigenvalue weighted by Crippen LogP contribution is -2.27. The smallest absolute Gasteiger partial charge is 0.0365 e. The van der Waals surface area contributed by atoms with Crippen LogP contribution >= 0.6 is 0 Å². The van der Waals surface area contributed by atoms with Gasteiger partial charge in [0.15, 0.2) is 0 Å². The van der Waals surface area contributed by atoms with E-state index in [0.29, 0.717) is 0 Å². The van der Waals surface area contributed by atoms with Crippen LogP contribution in [0.4, 0.5) is 0 Å². The highest BCUT2D eigenvalue weighted by atomic mass is 14.7. The first-order valence-corrected chi connectivity index (χ1v) is 7.02. The van der Waals surface area contributed by atoms with Gasteiger partial charge >= 0.3 is 0 Å². The van der Waals surface area contributed by atoms with Crippen LogP contribution in [-0.4, -0.2) is 4.98 Å². The topological polar surface area (TPSA) is 15.8 Å². The third-order valence-electron chi connectivity index (χ3n) is 4.00. The van der Waals surface area contributed by atoms with Gasteiger partial charge in [-0.1, -0.05) is 60.7 Å². The fourth-order valence-corrected chi connectivity index (χ4v) is 2.84. The standard InChI is InChI=1S/C19H19N/c1-19(18-13-8-14-20-18,17-11-6-3-7-12-17)15-16-9-4-2-5-10-16/h2-14,20H,15H2,1H3. The van der Waals surface area contributed by atoms with Crippen molar-refractivity contribution in [2.45, 2.75) is 18.8 Å². The summed E-state index contributed by atoms with van der Waals surface area (Å²) in [6.07, 6.45) is 2.99. The van der Waals surface area contributed by atoms with Gasteiger partial charge in [0.25, 0.3) is 0 Å². The molecule has 1 aromatic heterocycles. The first kappa shape index (κ1) is 12.7. The molecule has 0 amide bonds. The molecule has 1 atom stereocenters. The van der Waals surface area contributed by atoms with Crippen molar-refractivity contribution in [1.29, 1.82) is 0 Å². The van der Waals surface area contributed by atoms with E-state index in [1.165, 1.54) is 16.8 Å². The highest BCUT2D eigenvalue weighted by Gasteiger charge is 2.29. The third-order valence-corrected chi connectivity index (χ3v) is 4.00. The van der Waals surface area contributed by atoms with Crippen molar-refractivity contribution in [1.82, 2.24) is 4.98 Å². The molecular weight excluding hydrogens is 242 g/mol. The Hall–Kier alpha value is -2.28. The molecule has 0 aliphatic rings. The van der Waals surface area contributed by atoms with Gasteiger partial charge < -0.3 is 4.98 Å². The second-order valence-electron chi connectivity index (χ2n) is 5.44. The summed E-state index contributed by atoms with van der Waals surface area (Å²) in [6, 6.07) is 25.6. The lowest BCUT2D eigenvalue weighted by atomic mass is 9.75. The molecule has 1 heterocycles. The van der Waals surface area contributed by atoms with Crippen LogP contribution in [-0.2, 0) is 11.8 Å². The predicted octanol–water partition coefficient (Wildman–Crippen LogP) is 4.56. The lowest BCUT2D eigenvalue weighted by molar-refractivity contribution is 0.552. The van der Waals surface area contributed by atoms with Crippen molar-refractivity contribution in [2.24, 2.45) is 0 Å². The summed E-state index contributed by atoms with van der Waals surface area (Å²) in [5, 5.41) is 0. The predicted molar refractivity (Wildman–Crippen MR) is 83.8 cm³/mol. The van der Waals surface area contributed by atoms with Crippen LogP contribution in [0.1, 0.15) is 23.7 Å². The molecule has 20 heavy (non-hydrogen) atoms. The van der Waals surface area contributed by atoms with Crippen LogP contribution in [0.2, 0.25) is 0 Å². The summed E-state index contributed by atoms with van der Waals surface area (Å²) in [5.74, 6) is 0. The van der Waals surface area contributed by atoms with Gasteiger partial charge in [-0.25, -0.2) is 0 Å². The average molecular weight is 261 g/mol. The summed E-state index contributed by atoms with van der Waals surface area (Å²) in [7, 11) is 0. The molecule has 0 aliphatic heterocycles. The second-order valence-corrected chi connectivity index (χ2v) is 5.44. The van der Waals surface area contributed by atoms with Gasteiger partial charge in [-0.05, 0) is 36.6 Å². The van der Waals surface area contributed by atoms with E-state index >= 15 is 0 Å².